The molecular formula is C12H14BrN3. The van der Waals surface area contributed by atoms with Crippen LogP contribution in [0.5, 0.6) is 0 Å². The molecule has 0 saturated carbocycles. The Balaban J connectivity index is 1.96. The fraction of sp³-hybridized carbons (Fsp3) is 0.417. The Bertz CT molecular complexity index is 500. The smallest absolute Gasteiger partial charge is 0.132 e. The Morgan fingerprint density at radius 1 is 1.25 bits per heavy atom. The standard InChI is InChI=1S/C12H14BrN3/c13-12-10-5-1-2-8-16(10)11(14-12)9-15-6-3-4-7-15/h1-2,5,8H,3-4,6-7,9H2. The van der Waals surface area contributed by atoms with Crippen LogP contribution in [0.1, 0.15) is 18.7 Å². The average Bonchev–Trinajstić information content (AvgIpc) is 2.90. The van der Waals surface area contributed by atoms with Gasteiger partial charge in [-0.3, -0.25) is 4.90 Å². The number of fused-ring (bicyclic) bond motifs is 1. The highest BCUT2D eigenvalue weighted by Gasteiger charge is 2.15. The second kappa shape index (κ2) is 4.18. The largest absolute Gasteiger partial charge is 0.301 e. The van der Waals surface area contributed by atoms with Gasteiger partial charge in [0.1, 0.15) is 10.4 Å². The second-order valence-electron chi connectivity index (χ2n) is 4.26. The lowest BCUT2D eigenvalue weighted by Gasteiger charge is -2.12. The molecule has 0 spiro atoms. The summed E-state index contributed by atoms with van der Waals surface area (Å²) in [6, 6.07) is 6.18. The highest BCUT2D eigenvalue weighted by atomic mass is 79.9. The van der Waals surface area contributed by atoms with Gasteiger partial charge in [0.15, 0.2) is 0 Å². The minimum absolute atomic E-state index is 0.947. The van der Waals surface area contributed by atoms with Gasteiger partial charge in [-0.05, 0) is 54.0 Å². The van der Waals surface area contributed by atoms with Crippen molar-refractivity contribution in [2.75, 3.05) is 13.1 Å². The number of hydrogen-bond acceptors (Lipinski definition) is 2. The van der Waals surface area contributed by atoms with Gasteiger partial charge in [0.05, 0.1) is 12.1 Å². The third-order valence-electron chi connectivity index (χ3n) is 3.14. The molecule has 3 heterocycles. The van der Waals surface area contributed by atoms with Crippen LogP contribution in [0.4, 0.5) is 0 Å². The average molecular weight is 280 g/mol. The molecule has 0 N–H and O–H groups in total. The van der Waals surface area contributed by atoms with E-state index in [1.54, 1.807) is 0 Å². The summed E-state index contributed by atoms with van der Waals surface area (Å²) in [5, 5.41) is 0. The first-order valence-electron chi connectivity index (χ1n) is 5.68. The summed E-state index contributed by atoms with van der Waals surface area (Å²) in [6.45, 7) is 3.37. The van der Waals surface area contributed by atoms with Crippen molar-refractivity contribution in [2.45, 2.75) is 19.4 Å². The van der Waals surface area contributed by atoms with Gasteiger partial charge < -0.3 is 4.40 Å². The van der Waals surface area contributed by atoms with E-state index >= 15 is 0 Å². The van der Waals surface area contributed by atoms with Crippen LogP contribution in [0.3, 0.4) is 0 Å². The van der Waals surface area contributed by atoms with E-state index in [-0.39, 0.29) is 0 Å². The fourth-order valence-electron chi connectivity index (χ4n) is 2.31. The molecule has 2 aromatic rings. The summed E-state index contributed by atoms with van der Waals surface area (Å²) in [5.41, 5.74) is 1.15. The van der Waals surface area contributed by atoms with Gasteiger partial charge in [-0.2, -0.15) is 0 Å². The molecule has 0 aliphatic carbocycles. The molecular weight excluding hydrogens is 266 g/mol. The van der Waals surface area contributed by atoms with E-state index < -0.39 is 0 Å². The molecule has 16 heavy (non-hydrogen) atoms. The van der Waals surface area contributed by atoms with Crippen molar-refractivity contribution < 1.29 is 0 Å². The molecule has 84 valence electrons. The number of pyridine rings is 1. The van der Waals surface area contributed by atoms with Gasteiger partial charge in [0.25, 0.3) is 0 Å². The monoisotopic (exact) mass is 279 g/mol. The molecule has 1 fully saturated rings. The van der Waals surface area contributed by atoms with Crippen LogP contribution in [0.2, 0.25) is 0 Å². The van der Waals surface area contributed by atoms with Gasteiger partial charge >= 0.3 is 0 Å². The zero-order valence-electron chi connectivity index (χ0n) is 9.06. The van der Waals surface area contributed by atoms with Crippen LogP contribution >= 0.6 is 15.9 Å². The van der Waals surface area contributed by atoms with Crippen LogP contribution in [-0.2, 0) is 6.54 Å². The maximum atomic E-state index is 4.59. The van der Waals surface area contributed by atoms with E-state index in [0.717, 1.165) is 22.5 Å². The van der Waals surface area contributed by atoms with Crippen molar-refractivity contribution in [3.8, 4) is 0 Å². The van der Waals surface area contributed by atoms with E-state index in [0.29, 0.717) is 0 Å². The SMILES string of the molecule is Brc1nc(CN2CCCC2)n2ccccc12. The quantitative estimate of drug-likeness (QED) is 0.843. The summed E-state index contributed by atoms with van der Waals surface area (Å²) in [7, 11) is 0. The molecule has 0 amide bonds. The molecule has 0 atom stereocenters. The van der Waals surface area contributed by atoms with Gasteiger partial charge in [-0.1, -0.05) is 6.07 Å². The third-order valence-corrected chi connectivity index (χ3v) is 3.72. The Labute approximate surface area is 103 Å². The second-order valence-corrected chi connectivity index (χ2v) is 5.01. The Hall–Kier alpha value is -0.870. The lowest BCUT2D eigenvalue weighted by molar-refractivity contribution is 0.322. The summed E-state index contributed by atoms with van der Waals surface area (Å²) in [4.78, 5) is 7.06. The predicted octanol–water partition coefficient (Wildman–Crippen LogP) is 2.69. The van der Waals surface area contributed by atoms with Crippen LogP contribution in [0.25, 0.3) is 5.52 Å². The molecule has 3 nitrogen and oxygen atoms in total. The molecule has 1 aliphatic rings. The van der Waals surface area contributed by atoms with Crippen molar-refractivity contribution in [1.82, 2.24) is 14.3 Å². The van der Waals surface area contributed by atoms with E-state index in [4.69, 9.17) is 0 Å². The van der Waals surface area contributed by atoms with Crippen molar-refractivity contribution in [3.63, 3.8) is 0 Å². The Morgan fingerprint density at radius 2 is 2.06 bits per heavy atom. The van der Waals surface area contributed by atoms with E-state index in [2.05, 4.69) is 48.5 Å². The van der Waals surface area contributed by atoms with E-state index in [1.165, 1.54) is 25.9 Å². The summed E-state index contributed by atoms with van der Waals surface area (Å²) in [5.74, 6) is 1.13. The van der Waals surface area contributed by atoms with Crippen LogP contribution in [0, 0.1) is 0 Å². The van der Waals surface area contributed by atoms with Crippen molar-refractivity contribution >= 4 is 21.4 Å². The van der Waals surface area contributed by atoms with Crippen molar-refractivity contribution in [2.24, 2.45) is 0 Å². The predicted molar refractivity (Wildman–Crippen MR) is 67.4 cm³/mol. The maximum absolute atomic E-state index is 4.59. The molecule has 0 aromatic carbocycles. The van der Waals surface area contributed by atoms with E-state index in [1.807, 2.05) is 6.07 Å². The molecule has 0 bridgehead atoms. The molecule has 1 saturated heterocycles. The lowest BCUT2D eigenvalue weighted by Crippen LogP contribution is -2.19. The fourth-order valence-corrected chi connectivity index (χ4v) is 2.84. The molecule has 0 unspecified atom stereocenters. The normalized spacial score (nSPS) is 17.3. The van der Waals surface area contributed by atoms with Gasteiger partial charge in [-0.25, -0.2) is 4.98 Å². The number of imidazole rings is 1. The number of nitrogens with zero attached hydrogens (tertiary/aromatic N) is 3. The number of halogens is 1. The third kappa shape index (κ3) is 1.76. The number of aromatic nitrogens is 2. The van der Waals surface area contributed by atoms with Gasteiger partial charge in [-0.15, -0.1) is 0 Å². The Morgan fingerprint density at radius 3 is 2.88 bits per heavy atom. The first kappa shape index (κ1) is 10.3. The molecule has 4 heteroatoms. The Kier molecular flexibility index (Phi) is 2.69. The van der Waals surface area contributed by atoms with E-state index in [9.17, 15) is 0 Å². The van der Waals surface area contributed by atoms with Crippen LogP contribution < -0.4 is 0 Å². The first-order chi connectivity index (χ1) is 7.84. The topological polar surface area (TPSA) is 20.5 Å². The van der Waals surface area contributed by atoms with Crippen molar-refractivity contribution in [1.29, 1.82) is 0 Å². The minimum atomic E-state index is 0.947. The zero-order chi connectivity index (χ0) is 11.0. The molecule has 2 aromatic heterocycles. The highest BCUT2D eigenvalue weighted by Crippen LogP contribution is 2.20. The maximum Gasteiger partial charge on any atom is 0.132 e. The number of likely N-dealkylation sites (tertiary alicyclic amines) is 1. The van der Waals surface area contributed by atoms with Crippen molar-refractivity contribution in [3.05, 3.63) is 34.8 Å². The number of hydrogen-bond donors (Lipinski definition) is 0. The molecule has 3 rings (SSSR count). The zero-order valence-corrected chi connectivity index (χ0v) is 10.7. The first-order valence-corrected chi connectivity index (χ1v) is 6.48. The van der Waals surface area contributed by atoms with Gasteiger partial charge in [0.2, 0.25) is 0 Å². The minimum Gasteiger partial charge on any atom is -0.301 e. The lowest BCUT2D eigenvalue weighted by atomic mass is 10.4. The summed E-state index contributed by atoms with van der Waals surface area (Å²) in [6.07, 6.45) is 4.73. The molecule has 0 radical (unpaired) electrons. The highest BCUT2D eigenvalue weighted by molar-refractivity contribution is 9.10. The summed E-state index contributed by atoms with van der Waals surface area (Å²) >= 11 is 3.52. The van der Waals surface area contributed by atoms with Crippen LogP contribution in [-0.4, -0.2) is 27.4 Å². The molecule has 1 aliphatic heterocycles. The van der Waals surface area contributed by atoms with Crippen LogP contribution in [0.15, 0.2) is 29.0 Å². The summed E-state index contributed by atoms with van der Waals surface area (Å²) < 4.78 is 3.12. The van der Waals surface area contributed by atoms with Gasteiger partial charge in [0, 0.05) is 6.20 Å². The number of rotatable bonds is 2.